The summed E-state index contributed by atoms with van der Waals surface area (Å²) in [5.41, 5.74) is 0.448. The molecule has 7 nitrogen and oxygen atoms in total. The minimum absolute atomic E-state index is 0. The molecule has 0 saturated heterocycles. The molecule has 0 aliphatic heterocycles. The van der Waals surface area contributed by atoms with E-state index in [1.807, 2.05) is 45.9 Å². The third-order valence-electron chi connectivity index (χ3n) is 3.21. The van der Waals surface area contributed by atoms with Crippen LogP contribution < -0.4 is 10.6 Å². The Balaban J connectivity index is 0.00000625. The van der Waals surface area contributed by atoms with Gasteiger partial charge in [0.1, 0.15) is 5.60 Å². The molecule has 2 N–H and O–H groups in total. The highest BCUT2D eigenvalue weighted by Gasteiger charge is 2.21. The molecule has 0 unspecified atom stereocenters. The number of nitrogens with one attached hydrogen (secondary N) is 2. The van der Waals surface area contributed by atoms with Gasteiger partial charge >= 0.3 is 6.09 Å². The van der Waals surface area contributed by atoms with E-state index in [9.17, 15) is 4.79 Å². The summed E-state index contributed by atoms with van der Waals surface area (Å²) in [5.74, 6) is 0.672. The van der Waals surface area contributed by atoms with E-state index >= 15 is 0 Å². The van der Waals surface area contributed by atoms with Crippen LogP contribution in [0.1, 0.15) is 39.8 Å². The van der Waals surface area contributed by atoms with Crippen LogP contribution in [0.2, 0.25) is 0 Å². The van der Waals surface area contributed by atoms with Gasteiger partial charge in [0, 0.05) is 32.9 Å². The summed E-state index contributed by atoms with van der Waals surface area (Å²) < 4.78 is 5.45. The zero-order valence-corrected chi connectivity index (χ0v) is 18.7. The first-order valence-corrected chi connectivity index (χ1v) is 8.68. The summed E-state index contributed by atoms with van der Waals surface area (Å²) in [7, 11) is 1.71. The van der Waals surface area contributed by atoms with E-state index in [2.05, 4.69) is 20.6 Å². The van der Waals surface area contributed by atoms with Crippen molar-refractivity contribution in [2.24, 2.45) is 4.99 Å². The number of rotatable bonds is 7. The number of halogens is 1. The van der Waals surface area contributed by atoms with Gasteiger partial charge in [-0.15, -0.1) is 24.0 Å². The van der Waals surface area contributed by atoms with Crippen molar-refractivity contribution in [1.82, 2.24) is 20.5 Å². The van der Waals surface area contributed by atoms with Crippen LogP contribution in [0.15, 0.2) is 29.4 Å². The first-order valence-electron chi connectivity index (χ1n) is 8.68. The second-order valence-electron chi connectivity index (χ2n) is 6.64. The number of nitrogens with zero attached hydrogens (tertiary/aromatic N) is 3. The topological polar surface area (TPSA) is 78.9 Å². The molecule has 0 spiro atoms. The maximum Gasteiger partial charge on any atom is 0.410 e. The predicted octanol–water partition coefficient (Wildman–Crippen LogP) is 3.01. The van der Waals surface area contributed by atoms with Crippen molar-refractivity contribution < 1.29 is 9.53 Å². The van der Waals surface area contributed by atoms with Crippen molar-refractivity contribution in [2.45, 2.75) is 46.3 Å². The highest BCUT2D eigenvalue weighted by atomic mass is 127. The molecule has 0 bridgehead atoms. The van der Waals surface area contributed by atoms with Crippen LogP contribution in [-0.2, 0) is 11.3 Å². The minimum Gasteiger partial charge on any atom is -0.444 e. The van der Waals surface area contributed by atoms with E-state index in [4.69, 9.17) is 4.74 Å². The molecule has 0 aliphatic rings. The number of carbonyl (C=O) groups excluding carboxylic acids is 1. The molecule has 1 aromatic rings. The fraction of sp³-hybridized carbons (Fsp3) is 0.611. The van der Waals surface area contributed by atoms with E-state index in [-0.39, 0.29) is 30.1 Å². The molecule has 0 atom stereocenters. The maximum absolute atomic E-state index is 12.2. The third-order valence-corrected chi connectivity index (χ3v) is 3.21. The largest absolute Gasteiger partial charge is 0.444 e. The highest BCUT2D eigenvalue weighted by molar-refractivity contribution is 14.0. The number of ether oxygens (including phenoxy) is 1. The van der Waals surface area contributed by atoms with Crippen LogP contribution >= 0.6 is 24.0 Å². The van der Waals surface area contributed by atoms with Gasteiger partial charge in [-0.05, 0) is 39.3 Å². The Bertz CT molecular complexity index is 546. The monoisotopic (exact) mass is 477 g/mol. The molecule has 0 saturated carbocycles. The summed E-state index contributed by atoms with van der Waals surface area (Å²) in [5, 5.41) is 6.41. The van der Waals surface area contributed by atoms with Crippen LogP contribution in [0.4, 0.5) is 4.79 Å². The number of pyridine rings is 1. The normalized spacial score (nSPS) is 11.3. The number of aromatic nitrogens is 1. The van der Waals surface area contributed by atoms with E-state index in [0.29, 0.717) is 32.1 Å². The lowest BCUT2D eigenvalue weighted by molar-refractivity contribution is 0.0253. The molecular formula is C18H32IN5O2. The fourth-order valence-electron chi connectivity index (χ4n) is 2.10. The van der Waals surface area contributed by atoms with Crippen LogP contribution in [0.5, 0.6) is 0 Å². The minimum atomic E-state index is -0.489. The summed E-state index contributed by atoms with van der Waals surface area (Å²) in [6.07, 6.45) is 2.36. The van der Waals surface area contributed by atoms with Crippen LogP contribution in [0, 0.1) is 0 Å². The van der Waals surface area contributed by atoms with Crippen molar-refractivity contribution in [3.8, 4) is 0 Å². The second-order valence-corrected chi connectivity index (χ2v) is 6.64. The molecule has 0 radical (unpaired) electrons. The molecule has 148 valence electrons. The number of guanidine groups is 1. The zero-order valence-electron chi connectivity index (χ0n) is 16.4. The van der Waals surface area contributed by atoms with E-state index in [0.717, 1.165) is 12.1 Å². The lowest BCUT2D eigenvalue weighted by Gasteiger charge is -2.27. The van der Waals surface area contributed by atoms with Crippen LogP contribution in [0.25, 0.3) is 0 Å². The van der Waals surface area contributed by atoms with Gasteiger partial charge in [0.05, 0.1) is 12.2 Å². The highest BCUT2D eigenvalue weighted by Crippen LogP contribution is 2.10. The summed E-state index contributed by atoms with van der Waals surface area (Å²) in [6, 6.07) is 5.78. The Morgan fingerprint density at radius 2 is 2.00 bits per heavy atom. The maximum atomic E-state index is 12.2. The van der Waals surface area contributed by atoms with Gasteiger partial charge in [0.25, 0.3) is 0 Å². The van der Waals surface area contributed by atoms with Gasteiger partial charge in [-0.2, -0.15) is 0 Å². The number of aliphatic imine (C=N–C) groups is 1. The molecule has 1 amide bonds. The number of hydrogen-bond donors (Lipinski definition) is 2. The smallest absolute Gasteiger partial charge is 0.410 e. The van der Waals surface area contributed by atoms with E-state index < -0.39 is 5.60 Å². The molecule has 0 aromatic carbocycles. The van der Waals surface area contributed by atoms with Crippen LogP contribution in [-0.4, -0.2) is 54.2 Å². The first kappa shape index (κ1) is 24.4. The molecule has 0 aliphatic carbocycles. The van der Waals surface area contributed by atoms with Crippen molar-refractivity contribution in [2.75, 3.05) is 26.7 Å². The SMILES string of the molecule is CCCN(CCNC(=NC)NCc1ccccn1)C(=O)OC(C)(C)C.I. The molecular weight excluding hydrogens is 445 g/mol. The Morgan fingerprint density at radius 3 is 2.54 bits per heavy atom. The molecule has 1 heterocycles. The molecule has 8 heteroatoms. The average Bonchev–Trinajstić information content (AvgIpc) is 2.56. The van der Waals surface area contributed by atoms with Crippen molar-refractivity contribution in [3.63, 3.8) is 0 Å². The quantitative estimate of drug-likeness (QED) is 0.359. The Labute approximate surface area is 174 Å². The van der Waals surface area contributed by atoms with Crippen molar-refractivity contribution in [3.05, 3.63) is 30.1 Å². The number of carbonyl (C=O) groups is 1. The Morgan fingerprint density at radius 1 is 1.27 bits per heavy atom. The summed E-state index contributed by atoms with van der Waals surface area (Å²) in [6.45, 7) is 10.0. The molecule has 26 heavy (non-hydrogen) atoms. The predicted molar refractivity (Wildman–Crippen MR) is 116 cm³/mol. The van der Waals surface area contributed by atoms with Gasteiger partial charge in [-0.25, -0.2) is 4.79 Å². The molecule has 0 fully saturated rings. The average molecular weight is 477 g/mol. The zero-order chi connectivity index (χ0) is 18.7. The van der Waals surface area contributed by atoms with Gasteiger partial charge in [-0.1, -0.05) is 13.0 Å². The van der Waals surface area contributed by atoms with E-state index in [1.165, 1.54) is 0 Å². The van der Waals surface area contributed by atoms with Crippen molar-refractivity contribution in [1.29, 1.82) is 0 Å². The van der Waals surface area contributed by atoms with Crippen LogP contribution in [0.3, 0.4) is 0 Å². The lowest BCUT2D eigenvalue weighted by Crippen LogP contribution is -2.44. The number of hydrogen-bond acceptors (Lipinski definition) is 4. The van der Waals surface area contributed by atoms with Crippen molar-refractivity contribution >= 4 is 36.0 Å². The third kappa shape index (κ3) is 10.4. The lowest BCUT2D eigenvalue weighted by atomic mass is 10.2. The number of amides is 1. The molecule has 1 aromatic heterocycles. The second kappa shape index (κ2) is 12.7. The van der Waals surface area contributed by atoms with E-state index in [1.54, 1.807) is 18.1 Å². The van der Waals surface area contributed by atoms with Gasteiger partial charge in [0.2, 0.25) is 0 Å². The fourth-order valence-corrected chi connectivity index (χ4v) is 2.10. The standard InChI is InChI=1S/C18H31N5O2.HI/c1-6-12-23(17(24)25-18(2,3)4)13-11-21-16(19-5)22-14-15-9-7-8-10-20-15;/h7-10H,6,11-14H2,1-5H3,(H2,19,21,22);1H. The van der Waals surface area contributed by atoms with Gasteiger partial charge in [-0.3, -0.25) is 9.98 Å². The molecule has 1 rings (SSSR count). The summed E-state index contributed by atoms with van der Waals surface area (Å²) in [4.78, 5) is 22.4. The first-order chi connectivity index (χ1) is 11.9. The Hall–Kier alpha value is -1.58. The van der Waals surface area contributed by atoms with Gasteiger partial charge < -0.3 is 20.3 Å². The van der Waals surface area contributed by atoms with Gasteiger partial charge in [0.15, 0.2) is 5.96 Å². The summed E-state index contributed by atoms with van der Waals surface area (Å²) >= 11 is 0. The Kier molecular flexibility index (Phi) is 11.9.